The Morgan fingerprint density at radius 1 is 1.07 bits per heavy atom. The Morgan fingerprint density at radius 3 is 2.40 bits per heavy atom. The van der Waals surface area contributed by atoms with Crippen LogP contribution >= 0.6 is 11.6 Å². The fraction of sp³-hybridized carbons (Fsp3) is 0.391. The first-order valence-electron chi connectivity index (χ1n) is 10.1. The standard InChI is InChI=1S/C23H27ClFN3O2/c1-17(29)26-21(23(30)19-7-3-2-4-8-19)15-22(25)28-12-10-27(11-13-28)16-18-6-5-9-20(24)14-18/h2-9,14,21-22H,10-13,15-16H2,1H3,(H,26,29). The van der Waals surface area contributed by atoms with Gasteiger partial charge < -0.3 is 5.32 Å². The molecule has 0 radical (unpaired) electrons. The number of benzene rings is 2. The summed E-state index contributed by atoms with van der Waals surface area (Å²) in [6.45, 7) is 4.69. The molecule has 1 fully saturated rings. The molecule has 5 nitrogen and oxygen atoms in total. The highest BCUT2D eigenvalue weighted by Crippen LogP contribution is 2.18. The maximum Gasteiger partial charge on any atom is 0.217 e. The van der Waals surface area contributed by atoms with Crippen molar-refractivity contribution >= 4 is 23.3 Å². The minimum Gasteiger partial charge on any atom is -0.346 e. The fourth-order valence-electron chi connectivity index (χ4n) is 3.72. The Balaban J connectivity index is 1.55. The first kappa shape index (κ1) is 22.4. The Labute approximate surface area is 181 Å². The van der Waals surface area contributed by atoms with Crippen LogP contribution in [0.15, 0.2) is 54.6 Å². The van der Waals surface area contributed by atoms with Crippen LogP contribution in [0.25, 0.3) is 0 Å². The van der Waals surface area contributed by atoms with Crippen LogP contribution in [0, 0.1) is 0 Å². The first-order valence-corrected chi connectivity index (χ1v) is 10.5. The van der Waals surface area contributed by atoms with Gasteiger partial charge in [0.15, 0.2) is 12.1 Å². The van der Waals surface area contributed by atoms with Crippen LogP contribution in [-0.4, -0.2) is 60.0 Å². The lowest BCUT2D eigenvalue weighted by molar-refractivity contribution is -0.119. The second kappa shape index (κ2) is 10.7. The van der Waals surface area contributed by atoms with E-state index in [0.717, 1.165) is 25.2 Å². The van der Waals surface area contributed by atoms with Gasteiger partial charge in [-0.2, -0.15) is 0 Å². The van der Waals surface area contributed by atoms with E-state index in [0.29, 0.717) is 23.7 Å². The minimum absolute atomic E-state index is 0.0679. The molecular weight excluding hydrogens is 405 g/mol. The lowest BCUT2D eigenvalue weighted by Gasteiger charge is -2.37. The van der Waals surface area contributed by atoms with Crippen molar-refractivity contribution in [1.82, 2.24) is 15.1 Å². The van der Waals surface area contributed by atoms with Gasteiger partial charge in [-0.15, -0.1) is 0 Å². The number of carbonyl (C=O) groups is 2. The second-order valence-electron chi connectivity index (χ2n) is 7.60. The Hall–Kier alpha value is -2.28. The van der Waals surface area contributed by atoms with Gasteiger partial charge in [-0.1, -0.05) is 54.1 Å². The summed E-state index contributed by atoms with van der Waals surface area (Å²) in [5, 5.41) is 3.33. The number of Topliss-reactive ketones (excluding diaryl/α,β-unsaturated/α-hetero) is 1. The zero-order valence-electron chi connectivity index (χ0n) is 17.1. The number of carbonyl (C=O) groups excluding carboxylic acids is 2. The monoisotopic (exact) mass is 431 g/mol. The van der Waals surface area contributed by atoms with Crippen LogP contribution in [-0.2, 0) is 11.3 Å². The molecule has 1 N–H and O–H groups in total. The summed E-state index contributed by atoms with van der Waals surface area (Å²) in [7, 11) is 0. The second-order valence-corrected chi connectivity index (χ2v) is 8.03. The van der Waals surface area contributed by atoms with Gasteiger partial charge in [0.05, 0.1) is 6.04 Å². The molecule has 7 heteroatoms. The van der Waals surface area contributed by atoms with Crippen molar-refractivity contribution in [1.29, 1.82) is 0 Å². The first-order chi connectivity index (χ1) is 14.4. The van der Waals surface area contributed by atoms with E-state index < -0.39 is 12.3 Å². The Morgan fingerprint density at radius 2 is 1.77 bits per heavy atom. The van der Waals surface area contributed by atoms with Crippen molar-refractivity contribution in [3.05, 3.63) is 70.7 Å². The van der Waals surface area contributed by atoms with Gasteiger partial charge in [-0.05, 0) is 17.7 Å². The predicted octanol–water partition coefficient (Wildman–Crippen LogP) is 3.53. The van der Waals surface area contributed by atoms with Crippen LogP contribution in [0.5, 0.6) is 0 Å². The predicted molar refractivity (Wildman–Crippen MR) is 116 cm³/mol. The van der Waals surface area contributed by atoms with Crippen molar-refractivity contribution in [2.45, 2.75) is 32.2 Å². The molecule has 2 aromatic rings. The third-order valence-electron chi connectivity index (χ3n) is 5.28. The van der Waals surface area contributed by atoms with E-state index in [1.54, 1.807) is 29.2 Å². The van der Waals surface area contributed by atoms with Gasteiger partial charge >= 0.3 is 0 Å². The third kappa shape index (κ3) is 6.36. The third-order valence-corrected chi connectivity index (χ3v) is 5.52. The number of ketones is 1. The molecule has 1 saturated heterocycles. The van der Waals surface area contributed by atoms with E-state index in [2.05, 4.69) is 10.2 Å². The van der Waals surface area contributed by atoms with Crippen molar-refractivity contribution in [2.75, 3.05) is 26.2 Å². The van der Waals surface area contributed by atoms with Crippen LogP contribution in [0.3, 0.4) is 0 Å². The van der Waals surface area contributed by atoms with E-state index in [4.69, 9.17) is 11.6 Å². The summed E-state index contributed by atoms with van der Waals surface area (Å²) >= 11 is 6.05. The van der Waals surface area contributed by atoms with E-state index in [-0.39, 0.29) is 18.1 Å². The topological polar surface area (TPSA) is 52.7 Å². The largest absolute Gasteiger partial charge is 0.346 e. The molecule has 0 saturated carbocycles. The normalized spacial score (nSPS) is 17.3. The molecule has 2 aromatic carbocycles. The van der Waals surface area contributed by atoms with Gasteiger partial charge in [0.2, 0.25) is 5.91 Å². The lowest BCUT2D eigenvalue weighted by Crippen LogP contribution is -2.51. The molecule has 1 aliphatic rings. The Bertz CT molecular complexity index is 857. The number of hydrogen-bond donors (Lipinski definition) is 1. The molecule has 3 rings (SSSR count). The zero-order chi connectivity index (χ0) is 21.5. The lowest BCUT2D eigenvalue weighted by atomic mass is 10.0. The molecule has 160 valence electrons. The molecular formula is C23H27ClFN3O2. The molecule has 0 aliphatic carbocycles. The zero-order valence-corrected chi connectivity index (χ0v) is 17.8. The highest BCUT2D eigenvalue weighted by atomic mass is 35.5. The van der Waals surface area contributed by atoms with Gasteiger partial charge in [-0.25, -0.2) is 4.39 Å². The summed E-state index contributed by atoms with van der Waals surface area (Å²) in [6.07, 6.45) is -1.37. The molecule has 1 amide bonds. The molecule has 2 unspecified atom stereocenters. The SMILES string of the molecule is CC(=O)NC(CC(F)N1CCN(Cc2cccc(Cl)c2)CC1)C(=O)c1ccccc1. The Kier molecular flexibility index (Phi) is 7.96. The van der Waals surface area contributed by atoms with Gasteiger partial charge in [0.25, 0.3) is 0 Å². The van der Waals surface area contributed by atoms with Gasteiger partial charge in [0.1, 0.15) is 0 Å². The van der Waals surface area contributed by atoms with Crippen molar-refractivity contribution in [2.24, 2.45) is 0 Å². The summed E-state index contributed by atoms with van der Waals surface area (Å²) in [4.78, 5) is 28.3. The smallest absolute Gasteiger partial charge is 0.217 e. The maximum absolute atomic E-state index is 15.1. The quantitative estimate of drug-likeness (QED) is 0.513. The number of amides is 1. The molecule has 1 heterocycles. The minimum atomic E-state index is -1.30. The number of nitrogens with zero attached hydrogens (tertiary/aromatic N) is 2. The molecule has 0 aromatic heterocycles. The van der Waals surface area contributed by atoms with E-state index in [1.807, 2.05) is 30.3 Å². The fourth-order valence-corrected chi connectivity index (χ4v) is 3.93. The average Bonchev–Trinajstić information content (AvgIpc) is 2.73. The van der Waals surface area contributed by atoms with E-state index in [1.165, 1.54) is 6.92 Å². The molecule has 2 atom stereocenters. The number of rotatable bonds is 8. The number of hydrogen-bond acceptors (Lipinski definition) is 4. The average molecular weight is 432 g/mol. The highest BCUT2D eigenvalue weighted by Gasteiger charge is 2.30. The molecule has 1 aliphatic heterocycles. The number of piperazine rings is 1. The molecule has 0 bridgehead atoms. The molecule has 0 spiro atoms. The number of halogens is 2. The van der Waals surface area contributed by atoms with E-state index >= 15 is 4.39 Å². The summed E-state index contributed by atoms with van der Waals surface area (Å²) < 4.78 is 15.1. The molecule has 30 heavy (non-hydrogen) atoms. The number of alkyl halides is 1. The van der Waals surface area contributed by atoms with Gasteiger partial charge in [-0.3, -0.25) is 19.4 Å². The van der Waals surface area contributed by atoms with Crippen molar-refractivity contribution < 1.29 is 14.0 Å². The summed E-state index contributed by atoms with van der Waals surface area (Å²) in [6, 6.07) is 15.5. The van der Waals surface area contributed by atoms with Crippen molar-refractivity contribution in [3.8, 4) is 0 Å². The van der Waals surface area contributed by atoms with Crippen LogP contribution in [0.1, 0.15) is 29.3 Å². The summed E-state index contributed by atoms with van der Waals surface area (Å²) in [5.41, 5.74) is 1.60. The highest BCUT2D eigenvalue weighted by molar-refractivity contribution is 6.30. The maximum atomic E-state index is 15.1. The van der Waals surface area contributed by atoms with E-state index in [9.17, 15) is 9.59 Å². The summed E-state index contributed by atoms with van der Waals surface area (Å²) in [5.74, 6) is -0.615. The van der Waals surface area contributed by atoms with Crippen LogP contribution in [0.2, 0.25) is 5.02 Å². The van der Waals surface area contributed by atoms with Crippen molar-refractivity contribution in [3.63, 3.8) is 0 Å². The van der Waals surface area contributed by atoms with Crippen LogP contribution < -0.4 is 5.32 Å². The number of nitrogens with one attached hydrogen (secondary N) is 1. The van der Waals surface area contributed by atoms with Crippen LogP contribution in [0.4, 0.5) is 4.39 Å². The van der Waals surface area contributed by atoms with Gasteiger partial charge in [0, 0.05) is 56.7 Å².